The smallest absolute Gasteiger partial charge is 0.257 e. The molecule has 1 aliphatic rings. The zero-order valence-electron chi connectivity index (χ0n) is 17.2. The fraction of sp³-hybridized carbons (Fsp3) is 0.364. The van der Waals surface area contributed by atoms with Crippen LogP contribution in [0.5, 0.6) is 0 Å². The SMILES string of the molecule is Cc1c(-c2ccccc2)sc(NC(=O)C(C)n2cncn2)c1C(=O)N1CCCCC1. The summed E-state index contributed by atoms with van der Waals surface area (Å²) in [6, 6.07) is 9.44. The molecule has 0 saturated carbocycles. The van der Waals surface area contributed by atoms with E-state index in [9.17, 15) is 9.59 Å². The van der Waals surface area contributed by atoms with Gasteiger partial charge in [0.25, 0.3) is 5.91 Å². The number of benzene rings is 1. The van der Waals surface area contributed by atoms with E-state index in [-0.39, 0.29) is 11.8 Å². The largest absolute Gasteiger partial charge is 0.339 e. The Balaban J connectivity index is 1.70. The van der Waals surface area contributed by atoms with Crippen LogP contribution in [-0.2, 0) is 4.79 Å². The van der Waals surface area contributed by atoms with Crippen LogP contribution in [0, 0.1) is 6.92 Å². The van der Waals surface area contributed by atoms with Crippen LogP contribution in [0.2, 0.25) is 0 Å². The van der Waals surface area contributed by atoms with Gasteiger partial charge in [-0.05, 0) is 44.2 Å². The Hall–Kier alpha value is -3.00. The zero-order chi connectivity index (χ0) is 21.1. The third-order valence-electron chi connectivity index (χ3n) is 5.49. The van der Waals surface area contributed by atoms with Crippen LogP contribution in [0.15, 0.2) is 43.0 Å². The van der Waals surface area contributed by atoms with Crippen molar-refractivity contribution in [3.8, 4) is 10.4 Å². The lowest BCUT2D eigenvalue weighted by Crippen LogP contribution is -2.36. The maximum Gasteiger partial charge on any atom is 0.257 e. The zero-order valence-corrected chi connectivity index (χ0v) is 18.0. The number of nitrogens with one attached hydrogen (secondary N) is 1. The summed E-state index contributed by atoms with van der Waals surface area (Å²) in [7, 11) is 0. The second kappa shape index (κ2) is 8.79. The second-order valence-electron chi connectivity index (χ2n) is 7.52. The van der Waals surface area contributed by atoms with Crippen molar-refractivity contribution in [2.45, 2.75) is 39.2 Å². The number of hydrogen-bond donors (Lipinski definition) is 1. The van der Waals surface area contributed by atoms with E-state index in [1.807, 2.05) is 42.2 Å². The maximum absolute atomic E-state index is 13.4. The molecule has 1 aliphatic heterocycles. The molecule has 8 heteroatoms. The van der Waals surface area contributed by atoms with Gasteiger partial charge in [-0.3, -0.25) is 9.59 Å². The minimum atomic E-state index is -0.534. The van der Waals surface area contributed by atoms with Gasteiger partial charge in [0.1, 0.15) is 23.7 Å². The molecule has 1 aromatic carbocycles. The van der Waals surface area contributed by atoms with Crippen molar-refractivity contribution in [2.75, 3.05) is 18.4 Å². The van der Waals surface area contributed by atoms with E-state index >= 15 is 0 Å². The van der Waals surface area contributed by atoms with Crippen LogP contribution in [0.3, 0.4) is 0 Å². The molecule has 0 radical (unpaired) electrons. The molecule has 4 rings (SSSR count). The Bertz CT molecular complexity index is 1020. The predicted molar refractivity (Wildman–Crippen MR) is 118 cm³/mol. The van der Waals surface area contributed by atoms with Gasteiger partial charge in [-0.1, -0.05) is 30.3 Å². The third kappa shape index (κ3) is 4.00. The molecule has 1 unspecified atom stereocenters. The Morgan fingerprint density at radius 3 is 2.53 bits per heavy atom. The predicted octanol–water partition coefficient (Wildman–Crippen LogP) is 4.14. The summed E-state index contributed by atoms with van der Waals surface area (Å²) in [5.74, 6) is -0.233. The van der Waals surface area contributed by atoms with Crippen molar-refractivity contribution in [3.63, 3.8) is 0 Å². The van der Waals surface area contributed by atoms with Gasteiger partial charge >= 0.3 is 0 Å². The molecule has 7 nitrogen and oxygen atoms in total. The fourth-order valence-electron chi connectivity index (χ4n) is 3.73. The number of rotatable bonds is 5. The molecule has 3 heterocycles. The molecule has 2 aromatic heterocycles. The molecule has 0 aliphatic carbocycles. The summed E-state index contributed by atoms with van der Waals surface area (Å²) in [6.07, 6.45) is 6.11. The van der Waals surface area contributed by atoms with E-state index in [0.717, 1.165) is 48.4 Å². The van der Waals surface area contributed by atoms with Crippen molar-refractivity contribution in [1.29, 1.82) is 0 Å². The lowest BCUT2D eigenvalue weighted by atomic mass is 10.0. The van der Waals surface area contributed by atoms with Crippen LogP contribution in [-0.4, -0.2) is 44.6 Å². The summed E-state index contributed by atoms with van der Waals surface area (Å²) < 4.78 is 1.50. The summed E-state index contributed by atoms with van der Waals surface area (Å²) in [5.41, 5.74) is 2.54. The van der Waals surface area contributed by atoms with Crippen molar-refractivity contribution in [1.82, 2.24) is 19.7 Å². The average molecular weight is 424 g/mol. The van der Waals surface area contributed by atoms with Crippen molar-refractivity contribution >= 4 is 28.2 Å². The third-order valence-corrected chi connectivity index (χ3v) is 6.75. The van der Waals surface area contributed by atoms with E-state index in [1.165, 1.54) is 28.7 Å². The number of nitrogens with zero attached hydrogens (tertiary/aromatic N) is 4. The minimum Gasteiger partial charge on any atom is -0.339 e. The summed E-state index contributed by atoms with van der Waals surface area (Å²) in [6.45, 7) is 5.25. The first kappa shape index (κ1) is 20.3. The van der Waals surface area contributed by atoms with Gasteiger partial charge in [0.2, 0.25) is 5.91 Å². The Labute approximate surface area is 179 Å². The first-order chi connectivity index (χ1) is 14.6. The molecule has 2 amide bonds. The quantitative estimate of drug-likeness (QED) is 0.669. The minimum absolute atomic E-state index is 0.00524. The highest BCUT2D eigenvalue weighted by Crippen LogP contribution is 2.41. The standard InChI is InChI=1S/C22H25N5O2S/c1-15-18(22(29)26-11-7-4-8-12-26)21(30-19(15)17-9-5-3-6-10-17)25-20(28)16(2)27-14-23-13-24-27/h3,5-6,9-10,13-14,16H,4,7-8,11-12H2,1-2H3,(H,25,28). The van der Waals surface area contributed by atoms with Gasteiger partial charge in [0.05, 0.1) is 5.56 Å². The number of thiophene rings is 1. The van der Waals surface area contributed by atoms with Gasteiger partial charge in [-0.15, -0.1) is 11.3 Å². The normalized spacial score (nSPS) is 15.1. The first-order valence-electron chi connectivity index (χ1n) is 10.2. The summed E-state index contributed by atoms with van der Waals surface area (Å²) >= 11 is 1.45. The van der Waals surface area contributed by atoms with E-state index in [4.69, 9.17) is 0 Å². The maximum atomic E-state index is 13.4. The molecule has 156 valence electrons. The molecular weight excluding hydrogens is 398 g/mol. The van der Waals surface area contributed by atoms with Gasteiger partial charge in [0, 0.05) is 18.0 Å². The van der Waals surface area contributed by atoms with Gasteiger partial charge < -0.3 is 10.2 Å². The van der Waals surface area contributed by atoms with Crippen molar-refractivity contribution in [2.24, 2.45) is 0 Å². The second-order valence-corrected chi connectivity index (χ2v) is 8.54. The highest BCUT2D eigenvalue weighted by molar-refractivity contribution is 7.20. The van der Waals surface area contributed by atoms with Crippen LogP contribution in [0.1, 0.15) is 48.1 Å². The topological polar surface area (TPSA) is 80.1 Å². The average Bonchev–Trinajstić information content (AvgIpc) is 3.42. The summed E-state index contributed by atoms with van der Waals surface area (Å²) in [5, 5.41) is 7.64. The monoisotopic (exact) mass is 423 g/mol. The van der Waals surface area contributed by atoms with Gasteiger partial charge in [-0.25, -0.2) is 9.67 Å². The number of likely N-dealkylation sites (tertiary alicyclic amines) is 1. The molecular formula is C22H25N5O2S. The Kier molecular flexibility index (Phi) is 5.94. The Morgan fingerprint density at radius 1 is 1.13 bits per heavy atom. The van der Waals surface area contributed by atoms with Gasteiger partial charge in [-0.2, -0.15) is 5.10 Å². The molecule has 1 saturated heterocycles. The summed E-state index contributed by atoms with van der Waals surface area (Å²) in [4.78, 5) is 33.1. The van der Waals surface area contributed by atoms with Crippen molar-refractivity contribution < 1.29 is 9.59 Å². The number of carbonyl (C=O) groups excluding carboxylic acids is 2. The van der Waals surface area contributed by atoms with Crippen LogP contribution in [0.25, 0.3) is 10.4 Å². The molecule has 3 aromatic rings. The number of anilines is 1. The molecule has 1 N–H and O–H groups in total. The number of piperidine rings is 1. The lowest BCUT2D eigenvalue weighted by Gasteiger charge is -2.27. The highest BCUT2D eigenvalue weighted by atomic mass is 32.1. The molecule has 0 bridgehead atoms. The molecule has 1 fully saturated rings. The van der Waals surface area contributed by atoms with Crippen molar-refractivity contribution in [3.05, 3.63) is 54.1 Å². The number of carbonyl (C=O) groups is 2. The molecule has 1 atom stereocenters. The van der Waals surface area contributed by atoms with Crippen LogP contribution in [0.4, 0.5) is 5.00 Å². The van der Waals surface area contributed by atoms with E-state index < -0.39 is 6.04 Å². The van der Waals surface area contributed by atoms with Crippen LogP contribution >= 0.6 is 11.3 Å². The highest BCUT2D eigenvalue weighted by Gasteiger charge is 2.28. The number of amides is 2. The Morgan fingerprint density at radius 2 is 1.87 bits per heavy atom. The first-order valence-corrected chi connectivity index (χ1v) is 11.0. The van der Waals surface area contributed by atoms with Gasteiger partial charge in [0.15, 0.2) is 0 Å². The lowest BCUT2D eigenvalue weighted by molar-refractivity contribution is -0.119. The van der Waals surface area contributed by atoms with E-state index in [1.54, 1.807) is 6.92 Å². The molecule has 0 spiro atoms. The number of aromatic nitrogens is 3. The van der Waals surface area contributed by atoms with Crippen LogP contribution < -0.4 is 5.32 Å². The number of hydrogen-bond acceptors (Lipinski definition) is 5. The van der Waals surface area contributed by atoms with E-state index in [2.05, 4.69) is 15.4 Å². The van der Waals surface area contributed by atoms with E-state index in [0.29, 0.717) is 10.6 Å². The fourth-order valence-corrected chi connectivity index (χ4v) is 4.94. The molecule has 30 heavy (non-hydrogen) atoms.